The van der Waals surface area contributed by atoms with Crippen molar-refractivity contribution in [2.24, 2.45) is 0 Å². The van der Waals surface area contributed by atoms with Crippen molar-refractivity contribution in [2.75, 3.05) is 13.2 Å². The number of benzene rings is 2. The zero-order valence-electron chi connectivity index (χ0n) is 17.7. The maximum atomic E-state index is 13.4. The van der Waals surface area contributed by atoms with Crippen LogP contribution in [-0.2, 0) is 22.6 Å². The number of ether oxygens (including phenoxy) is 1. The van der Waals surface area contributed by atoms with Gasteiger partial charge in [0.1, 0.15) is 11.5 Å². The van der Waals surface area contributed by atoms with E-state index in [-0.39, 0.29) is 29.4 Å². The predicted octanol–water partition coefficient (Wildman–Crippen LogP) is 3.07. The van der Waals surface area contributed by atoms with Crippen LogP contribution >= 0.6 is 0 Å². The van der Waals surface area contributed by atoms with Gasteiger partial charge in [0.25, 0.3) is 11.5 Å². The lowest BCUT2D eigenvalue weighted by Crippen LogP contribution is -2.34. The average molecular weight is 425 g/mol. The number of hydrogen-bond acceptors (Lipinski definition) is 5. The number of carbonyl (C=O) groups excluding carboxylic acids is 2. The molecule has 0 spiro atoms. The zero-order chi connectivity index (χ0) is 22.5. The Balaban J connectivity index is 1.70. The molecule has 3 rings (SSSR count). The Morgan fingerprint density at radius 3 is 2.61 bits per heavy atom. The van der Waals surface area contributed by atoms with Gasteiger partial charge in [-0.05, 0) is 56.7 Å². The molecular weight excluding hydrogens is 401 g/mol. The lowest BCUT2D eigenvalue weighted by atomic mass is 10.2. The van der Waals surface area contributed by atoms with E-state index < -0.39 is 12.6 Å². The van der Waals surface area contributed by atoms with Crippen molar-refractivity contribution in [1.82, 2.24) is 14.5 Å². The maximum Gasteiger partial charge on any atom is 0.338 e. The molecule has 7 nitrogen and oxygen atoms in total. The highest BCUT2D eigenvalue weighted by molar-refractivity contribution is 5.94. The number of amides is 1. The van der Waals surface area contributed by atoms with Crippen molar-refractivity contribution in [3.8, 4) is 0 Å². The number of likely N-dealkylation sites (N-methyl/N-ethyl adjacent to an activating group) is 1. The summed E-state index contributed by atoms with van der Waals surface area (Å²) >= 11 is 0. The van der Waals surface area contributed by atoms with Gasteiger partial charge in [-0.3, -0.25) is 9.59 Å². The fourth-order valence-corrected chi connectivity index (χ4v) is 3.35. The number of aromatic nitrogens is 2. The van der Waals surface area contributed by atoms with Gasteiger partial charge in [-0.25, -0.2) is 14.2 Å². The van der Waals surface area contributed by atoms with Crippen LogP contribution in [0.5, 0.6) is 0 Å². The third kappa shape index (κ3) is 4.96. The first-order chi connectivity index (χ1) is 14.8. The molecule has 1 aromatic heterocycles. The van der Waals surface area contributed by atoms with Gasteiger partial charge in [-0.1, -0.05) is 12.1 Å². The first-order valence-electron chi connectivity index (χ1n) is 10.0. The third-order valence-electron chi connectivity index (χ3n) is 4.98. The number of hydrogen-bond donors (Lipinski definition) is 0. The third-order valence-corrected chi connectivity index (χ3v) is 4.98. The summed E-state index contributed by atoms with van der Waals surface area (Å²) in [6.45, 7) is 5.94. The van der Waals surface area contributed by atoms with E-state index in [4.69, 9.17) is 4.74 Å². The van der Waals surface area contributed by atoms with Crippen LogP contribution in [0.2, 0.25) is 0 Å². The molecule has 0 atom stereocenters. The second-order valence-electron chi connectivity index (χ2n) is 7.06. The van der Waals surface area contributed by atoms with Crippen LogP contribution in [0.3, 0.4) is 0 Å². The Hall–Kier alpha value is -3.55. The van der Waals surface area contributed by atoms with Crippen molar-refractivity contribution in [2.45, 2.75) is 33.9 Å². The van der Waals surface area contributed by atoms with Crippen LogP contribution in [0, 0.1) is 12.7 Å². The summed E-state index contributed by atoms with van der Waals surface area (Å²) in [6, 6.07) is 10.7. The topological polar surface area (TPSA) is 81.5 Å². The van der Waals surface area contributed by atoms with Gasteiger partial charge in [-0.15, -0.1) is 0 Å². The Morgan fingerprint density at radius 1 is 1.16 bits per heavy atom. The van der Waals surface area contributed by atoms with Crippen molar-refractivity contribution >= 4 is 22.9 Å². The summed E-state index contributed by atoms with van der Waals surface area (Å²) in [6.07, 6.45) is 0. The second-order valence-corrected chi connectivity index (χ2v) is 7.06. The number of rotatable bonds is 7. The van der Waals surface area contributed by atoms with Gasteiger partial charge in [-0.2, -0.15) is 0 Å². The Bertz CT molecular complexity index is 1190. The smallest absolute Gasteiger partial charge is 0.338 e. The van der Waals surface area contributed by atoms with E-state index in [1.165, 1.54) is 17.0 Å². The summed E-state index contributed by atoms with van der Waals surface area (Å²) in [5, 5.41) is 0. The van der Waals surface area contributed by atoms with E-state index in [9.17, 15) is 18.8 Å². The summed E-state index contributed by atoms with van der Waals surface area (Å²) in [5.74, 6) is -1.42. The minimum Gasteiger partial charge on any atom is -0.452 e. The highest BCUT2D eigenvalue weighted by atomic mass is 19.1. The highest BCUT2D eigenvalue weighted by Crippen LogP contribution is 2.15. The van der Waals surface area contributed by atoms with E-state index in [0.717, 1.165) is 0 Å². The standard InChI is InChI=1S/C23H24FN3O4/c1-4-26(13-16-7-6-8-18(24)11-16)21(28)14-31-23(30)17-9-10-20-19(12-17)25-15(3)22(29)27(20)5-2/h6-12H,4-5,13-14H2,1-3H3. The quantitative estimate of drug-likeness (QED) is 0.544. The Morgan fingerprint density at radius 2 is 1.94 bits per heavy atom. The average Bonchev–Trinajstić information content (AvgIpc) is 2.76. The van der Waals surface area contributed by atoms with E-state index in [1.54, 1.807) is 48.7 Å². The van der Waals surface area contributed by atoms with Crippen LogP contribution in [0.15, 0.2) is 47.3 Å². The summed E-state index contributed by atoms with van der Waals surface area (Å²) in [7, 11) is 0. The number of halogens is 1. The second kappa shape index (κ2) is 9.51. The molecule has 8 heteroatoms. The fourth-order valence-electron chi connectivity index (χ4n) is 3.35. The van der Waals surface area contributed by atoms with E-state index in [0.29, 0.717) is 35.4 Å². The van der Waals surface area contributed by atoms with Gasteiger partial charge in [0.15, 0.2) is 6.61 Å². The van der Waals surface area contributed by atoms with Crippen LogP contribution in [0.1, 0.15) is 35.5 Å². The number of aryl methyl sites for hydroxylation is 2. The van der Waals surface area contributed by atoms with Gasteiger partial charge in [0, 0.05) is 19.6 Å². The lowest BCUT2D eigenvalue weighted by molar-refractivity contribution is -0.134. The number of fused-ring (bicyclic) bond motifs is 1. The first kappa shape index (κ1) is 22.1. The minimum atomic E-state index is -0.661. The van der Waals surface area contributed by atoms with Gasteiger partial charge in [0.2, 0.25) is 0 Å². The van der Waals surface area contributed by atoms with E-state index >= 15 is 0 Å². The molecule has 31 heavy (non-hydrogen) atoms. The maximum absolute atomic E-state index is 13.4. The molecule has 1 heterocycles. The SMILES string of the molecule is CCN(Cc1cccc(F)c1)C(=O)COC(=O)c1ccc2c(c1)nc(C)c(=O)n2CC. The highest BCUT2D eigenvalue weighted by Gasteiger charge is 2.17. The van der Waals surface area contributed by atoms with E-state index in [2.05, 4.69) is 4.98 Å². The number of nitrogens with zero attached hydrogens (tertiary/aromatic N) is 3. The molecule has 0 fully saturated rings. The molecule has 2 aromatic carbocycles. The molecular formula is C23H24FN3O4. The summed E-state index contributed by atoms with van der Waals surface area (Å²) in [5.41, 5.74) is 2.18. The minimum absolute atomic E-state index is 0.172. The molecule has 0 unspecified atom stereocenters. The van der Waals surface area contributed by atoms with Crippen molar-refractivity contribution in [3.05, 3.63) is 75.5 Å². The number of esters is 1. The molecule has 1 amide bonds. The molecule has 0 bridgehead atoms. The largest absolute Gasteiger partial charge is 0.452 e. The van der Waals surface area contributed by atoms with Crippen LogP contribution in [0.25, 0.3) is 11.0 Å². The van der Waals surface area contributed by atoms with Gasteiger partial charge in [0.05, 0.1) is 16.6 Å². The van der Waals surface area contributed by atoms with E-state index in [1.807, 2.05) is 6.92 Å². The zero-order valence-corrected chi connectivity index (χ0v) is 17.7. The summed E-state index contributed by atoms with van der Waals surface area (Å²) in [4.78, 5) is 42.9. The van der Waals surface area contributed by atoms with Gasteiger partial charge >= 0.3 is 5.97 Å². The predicted molar refractivity (Wildman–Crippen MR) is 114 cm³/mol. The van der Waals surface area contributed by atoms with Gasteiger partial charge < -0.3 is 14.2 Å². The monoisotopic (exact) mass is 425 g/mol. The van der Waals surface area contributed by atoms with Crippen molar-refractivity contribution in [1.29, 1.82) is 0 Å². The van der Waals surface area contributed by atoms with Crippen LogP contribution < -0.4 is 5.56 Å². The molecule has 0 saturated heterocycles. The summed E-state index contributed by atoms with van der Waals surface area (Å²) < 4.78 is 20.2. The molecule has 0 aliphatic rings. The molecule has 0 saturated carbocycles. The van der Waals surface area contributed by atoms with Crippen LogP contribution in [0.4, 0.5) is 4.39 Å². The molecule has 3 aromatic rings. The van der Waals surface area contributed by atoms with Crippen LogP contribution in [-0.4, -0.2) is 39.5 Å². The molecule has 162 valence electrons. The molecule has 0 radical (unpaired) electrons. The fraction of sp³-hybridized carbons (Fsp3) is 0.304. The normalized spacial score (nSPS) is 10.8. The Labute approximate surface area is 179 Å². The molecule has 0 N–H and O–H groups in total. The molecule has 0 aliphatic carbocycles. The van der Waals surface area contributed by atoms with Crippen molar-refractivity contribution < 1.29 is 18.7 Å². The van der Waals surface area contributed by atoms with Crippen molar-refractivity contribution in [3.63, 3.8) is 0 Å². The lowest BCUT2D eigenvalue weighted by Gasteiger charge is -2.21. The molecule has 0 aliphatic heterocycles. The Kier molecular flexibility index (Phi) is 6.79. The number of carbonyl (C=O) groups is 2. The first-order valence-corrected chi connectivity index (χ1v) is 10.0.